The molecule has 2 heterocycles. The number of amides is 1. The average molecular weight is 441 g/mol. The first-order valence-electron chi connectivity index (χ1n) is 10.2. The molecule has 164 valence electrons. The Morgan fingerprint density at radius 3 is 2.55 bits per heavy atom. The summed E-state index contributed by atoms with van der Waals surface area (Å²) in [6, 6.07) is 13.4. The van der Waals surface area contributed by atoms with Crippen LogP contribution in [0.5, 0.6) is 0 Å². The minimum absolute atomic E-state index is 0.163. The van der Waals surface area contributed by atoms with Crippen molar-refractivity contribution < 1.29 is 14.3 Å². The fourth-order valence-electron chi connectivity index (χ4n) is 3.16. The maximum absolute atomic E-state index is 12.9. The molecule has 1 atom stereocenters. The lowest BCUT2D eigenvalue weighted by atomic mass is 10.0. The van der Waals surface area contributed by atoms with Crippen LogP contribution in [0, 0.1) is 0 Å². The first kappa shape index (κ1) is 22.7. The third-order valence-corrected chi connectivity index (χ3v) is 5.62. The molecule has 0 aliphatic rings. The van der Waals surface area contributed by atoms with Gasteiger partial charge in [0, 0.05) is 19.5 Å². The first-order valence-corrected chi connectivity index (χ1v) is 11.0. The van der Waals surface area contributed by atoms with Gasteiger partial charge < -0.3 is 10.1 Å². The van der Waals surface area contributed by atoms with E-state index >= 15 is 0 Å². The van der Waals surface area contributed by atoms with Crippen molar-refractivity contribution >= 4 is 23.2 Å². The number of carbonyl (C=O) groups excluding carboxylic acids is 2. The minimum atomic E-state index is -0.525. The Kier molecular flexibility index (Phi) is 7.22. The molecule has 0 radical (unpaired) electrons. The van der Waals surface area contributed by atoms with Crippen LogP contribution in [0.3, 0.4) is 0 Å². The number of hydrogen-bond donors (Lipinski definition) is 1. The van der Waals surface area contributed by atoms with Gasteiger partial charge in [-0.2, -0.15) is 5.10 Å². The average Bonchev–Trinajstić information content (AvgIpc) is 3.34. The van der Waals surface area contributed by atoms with Gasteiger partial charge in [0.15, 0.2) is 5.82 Å². The van der Waals surface area contributed by atoms with Gasteiger partial charge in [-0.15, -0.1) is 11.3 Å². The number of aromatic nitrogens is 3. The predicted octanol–water partition coefficient (Wildman–Crippen LogP) is 4.01. The Bertz CT molecular complexity index is 1020. The number of hydrogen-bond acceptors (Lipinski definition) is 6. The smallest absolute Gasteiger partial charge is 0.306 e. The normalized spacial score (nSPS) is 12.4. The highest BCUT2D eigenvalue weighted by molar-refractivity contribution is 7.17. The maximum atomic E-state index is 12.9. The Balaban J connectivity index is 1.68. The molecule has 0 bridgehead atoms. The lowest BCUT2D eigenvalue weighted by Gasteiger charge is -2.22. The Labute approximate surface area is 186 Å². The van der Waals surface area contributed by atoms with E-state index in [1.807, 2.05) is 64.2 Å². The van der Waals surface area contributed by atoms with Gasteiger partial charge >= 0.3 is 5.97 Å². The second-order valence-corrected chi connectivity index (χ2v) is 9.44. The molecule has 3 rings (SSSR count). The Morgan fingerprint density at radius 1 is 1.16 bits per heavy atom. The molecule has 3 aromatic rings. The first-order chi connectivity index (χ1) is 14.7. The second-order valence-electron chi connectivity index (χ2n) is 8.36. The van der Waals surface area contributed by atoms with Crippen LogP contribution in [0.15, 0.2) is 48.8 Å². The summed E-state index contributed by atoms with van der Waals surface area (Å²) >= 11 is 1.37. The number of nitrogens with one attached hydrogen (secondary N) is 1. The molecule has 8 heteroatoms. The van der Waals surface area contributed by atoms with E-state index in [2.05, 4.69) is 15.4 Å². The summed E-state index contributed by atoms with van der Waals surface area (Å²) in [6.45, 7) is 5.54. The fraction of sp³-hybridized carbons (Fsp3) is 0.391. The zero-order valence-electron chi connectivity index (χ0n) is 18.3. The van der Waals surface area contributed by atoms with E-state index in [0.717, 1.165) is 16.3 Å². The molecular weight excluding hydrogens is 412 g/mol. The summed E-state index contributed by atoms with van der Waals surface area (Å²) in [7, 11) is 1.81. The van der Waals surface area contributed by atoms with Crippen molar-refractivity contribution in [3.05, 3.63) is 59.2 Å². The van der Waals surface area contributed by atoms with E-state index in [0.29, 0.717) is 17.7 Å². The van der Waals surface area contributed by atoms with Crippen LogP contribution in [-0.4, -0.2) is 38.3 Å². The SMILES string of the molecule is Cn1ncnc1-c1ccc(C(=O)NC(CCC(=O)OC(C)(C)C)Cc2ccccc2)s1. The monoisotopic (exact) mass is 440 g/mol. The number of esters is 1. The molecule has 0 fully saturated rings. The third kappa shape index (κ3) is 6.75. The molecule has 2 aromatic heterocycles. The van der Waals surface area contributed by atoms with Crippen molar-refractivity contribution in [3.63, 3.8) is 0 Å². The van der Waals surface area contributed by atoms with Crippen molar-refractivity contribution in [3.8, 4) is 10.7 Å². The van der Waals surface area contributed by atoms with Crippen molar-refractivity contribution in [1.82, 2.24) is 20.1 Å². The van der Waals surface area contributed by atoms with Crippen molar-refractivity contribution in [2.75, 3.05) is 0 Å². The van der Waals surface area contributed by atoms with E-state index in [-0.39, 0.29) is 24.3 Å². The molecule has 1 unspecified atom stereocenters. The van der Waals surface area contributed by atoms with E-state index in [1.165, 1.54) is 17.7 Å². The van der Waals surface area contributed by atoms with Crippen LogP contribution >= 0.6 is 11.3 Å². The number of rotatable bonds is 8. The van der Waals surface area contributed by atoms with Crippen LogP contribution in [0.2, 0.25) is 0 Å². The zero-order valence-corrected chi connectivity index (χ0v) is 19.1. The van der Waals surface area contributed by atoms with Gasteiger partial charge in [0.1, 0.15) is 11.9 Å². The molecular formula is C23H28N4O3S. The molecule has 1 amide bonds. The molecule has 0 aliphatic carbocycles. The minimum Gasteiger partial charge on any atom is -0.460 e. The number of thiophene rings is 1. The predicted molar refractivity (Wildman–Crippen MR) is 121 cm³/mol. The number of aryl methyl sites for hydroxylation is 1. The standard InChI is InChI=1S/C23H28N4O3S/c1-23(2,3)30-20(28)13-10-17(14-16-8-6-5-7-9-16)26-22(29)19-12-11-18(31-19)21-24-15-25-27(21)4/h5-9,11-12,15,17H,10,13-14H2,1-4H3,(H,26,29). The van der Waals surface area contributed by atoms with E-state index in [4.69, 9.17) is 4.74 Å². The molecule has 0 saturated carbocycles. The van der Waals surface area contributed by atoms with Crippen LogP contribution < -0.4 is 5.32 Å². The van der Waals surface area contributed by atoms with Gasteiger partial charge in [-0.1, -0.05) is 30.3 Å². The van der Waals surface area contributed by atoms with E-state index < -0.39 is 5.60 Å². The Morgan fingerprint density at radius 2 is 1.90 bits per heavy atom. The van der Waals surface area contributed by atoms with Crippen LogP contribution in [0.25, 0.3) is 10.7 Å². The summed E-state index contributed by atoms with van der Waals surface area (Å²) in [4.78, 5) is 30.8. The lowest BCUT2D eigenvalue weighted by Crippen LogP contribution is -2.37. The molecule has 1 N–H and O–H groups in total. The summed E-state index contributed by atoms with van der Waals surface area (Å²) in [5.41, 5.74) is 0.575. The van der Waals surface area contributed by atoms with Crippen LogP contribution in [0.4, 0.5) is 0 Å². The quantitative estimate of drug-likeness (QED) is 0.535. The molecule has 0 spiro atoms. The van der Waals surface area contributed by atoms with Gasteiger partial charge in [-0.05, 0) is 51.3 Å². The largest absolute Gasteiger partial charge is 0.460 e. The van der Waals surface area contributed by atoms with Crippen molar-refractivity contribution in [2.45, 2.75) is 51.7 Å². The van der Waals surface area contributed by atoms with E-state index in [9.17, 15) is 9.59 Å². The lowest BCUT2D eigenvalue weighted by molar-refractivity contribution is -0.155. The van der Waals surface area contributed by atoms with Crippen molar-refractivity contribution in [1.29, 1.82) is 0 Å². The van der Waals surface area contributed by atoms with Crippen LogP contribution in [-0.2, 0) is 23.0 Å². The topological polar surface area (TPSA) is 86.1 Å². The number of carbonyl (C=O) groups is 2. The summed E-state index contributed by atoms with van der Waals surface area (Å²) in [5, 5.41) is 7.17. The number of ether oxygens (including phenoxy) is 1. The molecule has 7 nitrogen and oxygen atoms in total. The number of benzene rings is 1. The molecule has 1 aromatic carbocycles. The highest BCUT2D eigenvalue weighted by Gasteiger charge is 2.21. The van der Waals surface area contributed by atoms with Crippen LogP contribution in [0.1, 0.15) is 48.8 Å². The molecule has 0 saturated heterocycles. The highest BCUT2D eigenvalue weighted by Crippen LogP contribution is 2.26. The van der Waals surface area contributed by atoms with Gasteiger partial charge in [-0.3, -0.25) is 9.59 Å². The molecule has 0 aliphatic heterocycles. The maximum Gasteiger partial charge on any atom is 0.306 e. The van der Waals surface area contributed by atoms with Gasteiger partial charge in [-0.25, -0.2) is 9.67 Å². The van der Waals surface area contributed by atoms with E-state index in [1.54, 1.807) is 10.7 Å². The number of nitrogens with zero attached hydrogens (tertiary/aromatic N) is 3. The third-order valence-electron chi connectivity index (χ3n) is 4.54. The Hall–Kier alpha value is -3.00. The summed E-state index contributed by atoms with van der Waals surface area (Å²) in [6.07, 6.45) is 2.86. The molecule has 31 heavy (non-hydrogen) atoms. The summed E-state index contributed by atoms with van der Waals surface area (Å²) in [5.74, 6) is 0.291. The fourth-order valence-corrected chi connectivity index (χ4v) is 4.10. The van der Waals surface area contributed by atoms with Crippen molar-refractivity contribution in [2.24, 2.45) is 7.05 Å². The highest BCUT2D eigenvalue weighted by atomic mass is 32.1. The zero-order chi connectivity index (χ0) is 22.4. The van der Waals surface area contributed by atoms with Gasteiger partial charge in [0.2, 0.25) is 0 Å². The van der Waals surface area contributed by atoms with Gasteiger partial charge in [0.05, 0.1) is 9.75 Å². The van der Waals surface area contributed by atoms with Gasteiger partial charge in [0.25, 0.3) is 5.91 Å². The summed E-state index contributed by atoms with van der Waals surface area (Å²) < 4.78 is 7.09. The second kappa shape index (κ2) is 9.87.